The highest BCUT2D eigenvalue weighted by Crippen LogP contribution is 2.10. The Hall–Kier alpha value is -0.380. The minimum atomic E-state index is -1.20. The lowest BCUT2D eigenvalue weighted by molar-refractivity contribution is 0.153. The molecule has 0 aromatic heterocycles. The molecule has 13 heavy (non-hydrogen) atoms. The van der Waals surface area contributed by atoms with Crippen LogP contribution in [0.3, 0.4) is 0 Å². The van der Waals surface area contributed by atoms with Crippen molar-refractivity contribution in [1.29, 1.82) is 0 Å². The second kappa shape index (κ2) is 9.71. The molecule has 1 N–H and O–H groups in total. The molecule has 0 atom stereocenters. The van der Waals surface area contributed by atoms with Gasteiger partial charge in [0.05, 0.1) is 12.0 Å². The SMILES string of the molecule is CCCCCCCCSOC(=O)O. The van der Waals surface area contributed by atoms with Gasteiger partial charge in [0.1, 0.15) is 0 Å². The van der Waals surface area contributed by atoms with Gasteiger partial charge in [0, 0.05) is 5.75 Å². The van der Waals surface area contributed by atoms with Crippen molar-refractivity contribution < 1.29 is 14.1 Å². The summed E-state index contributed by atoms with van der Waals surface area (Å²) in [5.74, 6) is 0.776. The Kier molecular flexibility index (Phi) is 9.42. The van der Waals surface area contributed by atoms with Gasteiger partial charge in [-0.2, -0.15) is 0 Å². The van der Waals surface area contributed by atoms with Crippen LogP contribution >= 0.6 is 12.0 Å². The van der Waals surface area contributed by atoms with Crippen molar-refractivity contribution in [3.63, 3.8) is 0 Å². The molecule has 0 aliphatic carbocycles. The van der Waals surface area contributed by atoms with E-state index in [1.807, 2.05) is 0 Å². The fourth-order valence-electron chi connectivity index (χ4n) is 1.03. The molecule has 78 valence electrons. The third kappa shape index (κ3) is 11.6. The van der Waals surface area contributed by atoms with Crippen LogP contribution in [0.25, 0.3) is 0 Å². The topological polar surface area (TPSA) is 46.5 Å². The quantitative estimate of drug-likeness (QED) is 0.486. The molecule has 0 radical (unpaired) electrons. The average molecular weight is 206 g/mol. The van der Waals surface area contributed by atoms with Gasteiger partial charge in [0.2, 0.25) is 0 Å². The van der Waals surface area contributed by atoms with E-state index >= 15 is 0 Å². The second-order valence-corrected chi connectivity index (χ2v) is 3.75. The van der Waals surface area contributed by atoms with Crippen LogP contribution in [0, 0.1) is 0 Å². The van der Waals surface area contributed by atoms with Crippen molar-refractivity contribution >= 4 is 18.2 Å². The first-order valence-corrected chi connectivity index (χ1v) is 5.70. The van der Waals surface area contributed by atoms with E-state index in [0.29, 0.717) is 0 Å². The molecule has 4 heteroatoms. The smallest absolute Gasteiger partial charge is 0.449 e. The summed E-state index contributed by atoms with van der Waals surface area (Å²) >= 11 is 1.03. The first kappa shape index (κ1) is 12.6. The van der Waals surface area contributed by atoms with Crippen LogP contribution in [0.4, 0.5) is 4.79 Å². The molecule has 3 nitrogen and oxygen atoms in total. The van der Waals surface area contributed by atoms with Crippen molar-refractivity contribution in [1.82, 2.24) is 0 Å². The van der Waals surface area contributed by atoms with Gasteiger partial charge in [-0.1, -0.05) is 39.0 Å². The number of carboxylic acid groups (broad SMARTS) is 1. The average Bonchev–Trinajstić information content (AvgIpc) is 2.09. The van der Waals surface area contributed by atoms with Crippen LogP contribution in [0.5, 0.6) is 0 Å². The summed E-state index contributed by atoms with van der Waals surface area (Å²) in [6.45, 7) is 2.19. The van der Waals surface area contributed by atoms with E-state index in [0.717, 1.165) is 24.2 Å². The van der Waals surface area contributed by atoms with E-state index in [1.165, 1.54) is 32.1 Å². The normalized spacial score (nSPS) is 9.92. The molecule has 0 fully saturated rings. The highest BCUT2D eigenvalue weighted by Gasteiger charge is 1.96. The molecule has 0 unspecified atom stereocenters. The number of hydrogen-bond donors (Lipinski definition) is 1. The first-order valence-electron chi connectivity index (χ1n) is 4.79. The summed E-state index contributed by atoms with van der Waals surface area (Å²) in [5.41, 5.74) is 0. The Labute approximate surface area is 84.1 Å². The Morgan fingerprint density at radius 2 is 1.85 bits per heavy atom. The number of hydrogen-bond acceptors (Lipinski definition) is 3. The maximum atomic E-state index is 9.93. The van der Waals surface area contributed by atoms with Crippen LogP contribution in [-0.4, -0.2) is 17.0 Å². The van der Waals surface area contributed by atoms with Gasteiger partial charge >= 0.3 is 6.16 Å². The summed E-state index contributed by atoms with van der Waals surface area (Å²) in [6.07, 6.45) is 6.13. The molecule has 0 aromatic rings. The largest absolute Gasteiger partial charge is 0.518 e. The molecular formula is C9H18O3S. The van der Waals surface area contributed by atoms with E-state index in [4.69, 9.17) is 5.11 Å². The zero-order valence-electron chi connectivity index (χ0n) is 8.12. The molecule has 0 bridgehead atoms. The molecule has 0 saturated heterocycles. The fourth-order valence-corrected chi connectivity index (χ4v) is 1.54. The number of carbonyl (C=O) groups is 1. The van der Waals surface area contributed by atoms with Crippen molar-refractivity contribution in [2.24, 2.45) is 0 Å². The summed E-state index contributed by atoms with van der Waals surface area (Å²) in [6, 6.07) is 0. The molecule has 0 aliphatic heterocycles. The Morgan fingerprint density at radius 1 is 1.23 bits per heavy atom. The summed E-state index contributed by atoms with van der Waals surface area (Å²) in [5, 5.41) is 8.14. The van der Waals surface area contributed by atoms with E-state index in [9.17, 15) is 4.79 Å². The van der Waals surface area contributed by atoms with Gasteiger partial charge in [-0.15, -0.1) is 0 Å². The first-order chi connectivity index (χ1) is 6.27. The molecule has 0 aliphatic rings. The van der Waals surface area contributed by atoms with Gasteiger partial charge in [-0.05, 0) is 6.42 Å². The zero-order valence-corrected chi connectivity index (χ0v) is 8.94. The molecule has 0 rings (SSSR count). The van der Waals surface area contributed by atoms with E-state index in [2.05, 4.69) is 11.1 Å². The van der Waals surface area contributed by atoms with Crippen molar-refractivity contribution in [3.8, 4) is 0 Å². The maximum absolute atomic E-state index is 9.93. The van der Waals surface area contributed by atoms with Crippen molar-refractivity contribution in [3.05, 3.63) is 0 Å². The van der Waals surface area contributed by atoms with Crippen LogP contribution in [0.15, 0.2) is 0 Å². The maximum Gasteiger partial charge on any atom is 0.518 e. The lowest BCUT2D eigenvalue weighted by atomic mass is 10.1. The molecular weight excluding hydrogens is 188 g/mol. The summed E-state index contributed by atoms with van der Waals surface area (Å²) in [4.78, 5) is 9.93. The van der Waals surface area contributed by atoms with E-state index in [-0.39, 0.29) is 0 Å². The Morgan fingerprint density at radius 3 is 2.46 bits per heavy atom. The third-order valence-electron chi connectivity index (χ3n) is 1.71. The van der Waals surface area contributed by atoms with Crippen molar-refractivity contribution in [2.75, 3.05) is 5.75 Å². The Balaban J connectivity index is 2.87. The van der Waals surface area contributed by atoms with Crippen LogP contribution < -0.4 is 0 Å². The molecule has 0 saturated carbocycles. The van der Waals surface area contributed by atoms with Gasteiger partial charge in [-0.3, -0.25) is 0 Å². The van der Waals surface area contributed by atoms with Gasteiger partial charge in [-0.25, -0.2) is 4.79 Å². The minimum absolute atomic E-state index is 0.776. The standard InChI is InChI=1S/C9H18O3S/c1-2-3-4-5-6-7-8-13-12-9(10)11/h2-8H2,1H3,(H,10,11). The highest BCUT2D eigenvalue weighted by atomic mass is 32.2. The van der Waals surface area contributed by atoms with Crippen LogP contribution in [0.1, 0.15) is 45.4 Å². The van der Waals surface area contributed by atoms with E-state index in [1.54, 1.807) is 0 Å². The zero-order chi connectivity index (χ0) is 9.94. The molecule has 0 heterocycles. The van der Waals surface area contributed by atoms with Gasteiger partial charge in [0.25, 0.3) is 0 Å². The van der Waals surface area contributed by atoms with Gasteiger partial charge < -0.3 is 9.29 Å². The summed E-state index contributed by atoms with van der Waals surface area (Å²) < 4.78 is 4.30. The molecule has 0 aromatic carbocycles. The predicted octanol–water partition coefficient (Wildman–Crippen LogP) is 3.69. The summed E-state index contributed by atoms with van der Waals surface area (Å²) in [7, 11) is 0. The monoisotopic (exact) mass is 206 g/mol. The Bertz CT molecular complexity index is 128. The molecule has 0 amide bonds. The van der Waals surface area contributed by atoms with Crippen LogP contribution in [0.2, 0.25) is 0 Å². The van der Waals surface area contributed by atoms with Crippen molar-refractivity contribution in [2.45, 2.75) is 45.4 Å². The lowest BCUT2D eigenvalue weighted by Gasteiger charge is -1.99. The number of rotatable bonds is 8. The van der Waals surface area contributed by atoms with Gasteiger partial charge in [0.15, 0.2) is 0 Å². The highest BCUT2D eigenvalue weighted by molar-refractivity contribution is 7.95. The molecule has 0 spiro atoms. The lowest BCUT2D eigenvalue weighted by Crippen LogP contribution is -1.92. The van der Waals surface area contributed by atoms with Crippen LogP contribution in [-0.2, 0) is 4.18 Å². The number of unbranched alkanes of at least 4 members (excludes halogenated alkanes) is 5. The minimum Gasteiger partial charge on any atom is -0.449 e. The predicted molar refractivity (Wildman–Crippen MR) is 54.9 cm³/mol. The fraction of sp³-hybridized carbons (Fsp3) is 0.889. The third-order valence-corrected chi connectivity index (χ3v) is 2.43. The van der Waals surface area contributed by atoms with E-state index < -0.39 is 6.16 Å². The second-order valence-electron chi connectivity index (χ2n) is 2.94.